The number of carbonyl (C=O) groups is 2. The Morgan fingerprint density at radius 3 is 2.82 bits per heavy atom. The summed E-state index contributed by atoms with van der Waals surface area (Å²) in [7, 11) is 0. The molecule has 2 aromatic rings. The Balaban J connectivity index is 1.16. The van der Waals surface area contributed by atoms with E-state index in [0.29, 0.717) is 12.8 Å². The van der Waals surface area contributed by atoms with Crippen LogP contribution in [0.2, 0.25) is 0 Å². The van der Waals surface area contributed by atoms with E-state index >= 15 is 0 Å². The average molecular weight is 463 g/mol. The minimum atomic E-state index is -0.0522. The predicted octanol–water partition coefficient (Wildman–Crippen LogP) is 4.11. The van der Waals surface area contributed by atoms with Crippen LogP contribution in [0, 0.1) is 0 Å². The molecule has 6 nitrogen and oxygen atoms in total. The fourth-order valence-corrected chi connectivity index (χ4v) is 5.19. The Kier molecular flexibility index (Phi) is 8.69. The van der Waals surface area contributed by atoms with E-state index in [0.717, 1.165) is 69.7 Å². The lowest BCUT2D eigenvalue weighted by atomic mass is 9.90. The third kappa shape index (κ3) is 7.13. The Labute approximate surface area is 203 Å². The number of hydrogen-bond donors (Lipinski definition) is 2. The van der Waals surface area contributed by atoms with Crippen molar-refractivity contribution in [2.45, 2.75) is 70.3 Å². The van der Waals surface area contributed by atoms with Crippen LogP contribution in [0.25, 0.3) is 0 Å². The van der Waals surface area contributed by atoms with E-state index < -0.39 is 0 Å². The van der Waals surface area contributed by atoms with Crippen LogP contribution in [0.15, 0.2) is 42.5 Å². The number of aromatic nitrogens is 1. The quantitative estimate of drug-likeness (QED) is 0.492. The second kappa shape index (κ2) is 12.1. The Morgan fingerprint density at radius 2 is 2.00 bits per heavy atom. The molecule has 0 saturated carbocycles. The molecule has 2 N–H and O–H groups in total. The molecule has 0 bridgehead atoms. The van der Waals surface area contributed by atoms with E-state index in [2.05, 4.69) is 27.7 Å². The summed E-state index contributed by atoms with van der Waals surface area (Å²) in [4.78, 5) is 31.7. The van der Waals surface area contributed by atoms with Crippen LogP contribution in [0.5, 0.6) is 0 Å². The molecule has 2 aliphatic heterocycles. The number of benzene rings is 1. The number of carbonyl (C=O) groups excluding carboxylic acids is 2. The van der Waals surface area contributed by atoms with Gasteiger partial charge in [0.25, 0.3) is 0 Å². The number of pyridine rings is 1. The number of ketones is 1. The highest BCUT2D eigenvalue weighted by Crippen LogP contribution is 2.24. The van der Waals surface area contributed by atoms with E-state index in [9.17, 15) is 9.59 Å². The van der Waals surface area contributed by atoms with Gasteiger partial charge in [-0.1, -0.05) is 36.4 Å². The summed E-state index contributed by atoms with van der Waals surface area (Å²) < 4.78 is 0. The molecule has 1 aromatic heterocycles. The lowest BCUT2D eigenvalue weighted by Crippen LogP contribution is -2.38. The monoisotopic (exact) mass is 462 g/mol. The van der Waals surface area contributed by atoms with Crippen molar-refractivity contribution in [1.29, 1.82) is 0 Å². The number of rotatable bonds is 11. The molecule has 1 aromatic carbocycles. The van der Waals surface area contributed by atoms with Gasteiger partial charge in [-0.3, -0.25) is 4.79 Å². The molecular formula is C28H38N4O2. The second-order valence-corrected chi connectivity index (χ2v) is 9.87. The van der Waals surface area contributed by atoms with Gasteiger partial charge in [-0.15, -0.1) is 0 Å². The highest BCUT2D eigenvalue weighted by atomic mass is 16.1. The van der Waals surface area contributed by atoms with Crippen LogP contribution < -0.4 is 10.6 Å². The maximum Gasteiger partial charge on any atom is 0.220 e. The van der Waals surface area contributed by atoms with Crippen molar-refractivity contribution in [3.05, 3.63) is 59.3 Å². The van der Waals surface area contributed by atoms with Crippen molar-refractivity contribution in [1.82, 2.24) is 15.2 Å². The third-order valence-corrected chi connectivity index (χ3v) is 6.98. The standard InChI is InChI=1S/C28H38N4O2/c1-21(33)18-24(22-8-3-2-4-9-22)19-27(34)30-26-14-17-32(20-26)16-6-5-11-25-13-12-23-10-7-15-29-28(23)31-25/h2-4,8-9,12-13,24,26H,5-7,10-11,14-20H2,1H3,(H,29,31)(H,30,34)/t24?,26-/m0/s1. The topological polar surface area (TPSA) is 74.3 Å². The first-order valence-electron chi connectivity index (χ1n) is 12.9. The van der Waals surface area contributed by atoms with Gasteiger partial charge in [0.15, 0.2) is 0 Å². The summed E-state index contributed by atoms with van der Waals surface area (Å²) in [6.45, 7) is 5.63. The van der Waals surface area contributed by atoms with Crippen LogP contribution in [-0.2, 0) is 22.4 Å². The van der Waals surface area contributed by atoms with Crippen molar-refractivity contribution < 1.29 is 9.59 Å². The summed E-state index contributed by atoms with van der Waals surface area (Å²) >= 11 is 0. The van der Waals surface area contributed by atoms with Gasteiger partial charge in [-0.2, -0.15) is 0 Å². The number of aryl methyl sites for hydroxylation is 2. The number of likely N-dealkylation sites (tertiary alicyclic amines) is 1. The predicted molar refractivity (Wildman–Crippen MR) is 136 cm³/mol. The molecule has 1 fully saturated rings. The zero-order valence-electron chi connectivity index (χ0n) is 20.4. The second-order valence-electron chi connectivity index (χ2n) is 9.87. The minimum absolute atomic E-state index is 0.0500. The van der Waals surface area contributed by atoms with E-state index in [1.165, 1.54) is 17.7 Å². The van der Waals surface area contributed by atoms with Gasteiger partial charge >= 0.3 is 0 Å². The first kappa shape index (κ1) is 24.4. The number of nitrogens with one attached hydrogen (secondary N) is 2. The molecule has 1 saturated heterocycles. The number of amides is 1. The molecule has 0 aliphatic carbocycles. The van der Waals surface area contributed by atoms with E-state index in [-0.39, 0.29) is 23.7 Å². The molecule has 2 atom stereocenters. The molecule has 6 heteroatoms. The number of unbranched alkanes of at least 4 members (excludes halogenated alkanes) is 1. The molecule has 4 rings (SSSR count). The lowest BCUT2D eigenvalue weighted by molar-refractivity contribution is -0.122. The van der Waals surface area contributed by atoms with Gasteiger partial charge in [0.1, 0.15) is 11.6 Å². The van der Waals surface area contributed by atoms with Gasteiger partial charge in [-0.25, -0.2) is 4.98 Å². The highest BCUT2D eigenvalue weighted by Gasteiger charge is 2.25. The van der Waals surface area contributed by atoms with E-state index in [1.807, 2.05) is 30.3 Å². The zero-order chi connectivity index (χ0) is 23.8. The zero-order valence-corrected chi connectivity index (χ0v) is 20.4. The number of hydrogen-bond acceptors (Lipinski definition) is 5. The largest absolute Gasteiger partial charge is 0.370 e. The molecule has 1 unspecified atom stereocenters. The first-order valence-corrected chi connectivity index (χ1v) is 12.9. The summed E-state index contributed by atoms with van der Waals surface area (Å²) in [6.07, 6.45) is 7.37. The number of anilines is 1. The maximum atomic E-state index is 12.7. The maximum absolute atomic E-state index is 12.7. The fraction of sp³-hybridized carbons (Fsp3) is 0.536. The van der Waals surface area contributed by atoms with Crippen molar-refractivity contribution in [3.63, 3.8) is 0 Å². The number of Topliss-reactive ketones (excluding diaryl/α,β-unsaturated/α-hetero) is 1. The Hall–Kier alpha value is -2.73. The van der Waals surface area contributed by atoms with Crippen LogP contribution in [0.4, 0.5) is 5.82 Å². The highest BCUT2D eigenvalue weighted by molar-refractivity contribution is 5.80. The number of nitrogens with zero attached hydrogens (tertiary/aromatic N) is 2. The average Bonchev–Trinajstić information content (AvgIpc) is 3.28. The van der Waals surface area contributed by atoms with Gasteiger partial charge in [0, 0.05) is 44.2 Å². The molecule has 0 radical (unpaired) electrons. The molecule has 2 aliphatic rings. The normalized spacial score (nSPS) is 18.7. The summed E-state index contributed by atoms with van der Waals surface area (Å²) in [5.41, 5.74) is 3.58. The van der Waals surface area contributed by atoms with E-state index in [4.69, 9.17) is 4.98 Å². The fourth-order valence-electron chi connectivity index (χ4n) is 5.19. The molecule has 0 spiro atoms. The smallest absolute Gasteiger partial charge is 0.220 e. The molecule has 3 heterocycles. The molecule has 182 valence electrons. The number of fused-ring (bicyclic) bond motifs is 1. The Morgan fingerprint density at radius 1 is 1.15 bits per heavy atom. The van der Waals surface area contributed by atoms with Crippen LogP contribution in [0.3, 0.4) is 0 Å². The van der Waals surface area contributed by atoms with Gasteiger partial charge in [0.2, 0.25) is 5.91 Å². The third-order valence-electron chi connectivity index (χ3n) is 6.98. The molecule has 34 heavy (non-hydrogen) atoms. The lowest BCUT2D eigenvalue weighted by Gasteiger charge is -2.19. The van der Waals surface area contributed by atoms with Crippen molar-refractivity contribution in [2.24, 2.45) is 0 Å². The summed E-state index contributed by atoms with van der Waals surface area (Å²) in [5, 5.41) is 6.64. The van der Waals surface area contributed by atoms with Crippen LogP contribution in [-0.4, -0.2) is 53.8 Å². The minimum Gasteiger partial charge on any atom is -0.370 e. The van der Waals surface area contributed by atoms with E-state index in [1.54, 1.807) is 6.92 Å². The summed E-state index contributed by atoms with van der Waals surface area (Å²) in [5.74, 6) is 1.20. The van der Waals surface area contributed by atoms with Crippen molar-refractivity contribution >= 4 is 17.5 Å². The van der Waals surface area contributed by atoms with Crippen LogP contribution >= 0.6 is 0 Å². The van der Waals surface area contributed by atoms with Crippen molar-refractivity contribution in [2.75, 3.05) is 31.5 Å². The Bertz CT molecular complexity index is 962. The SMILES string of the molecule is CC(=O)CC(CC(=O)N[C@H]1CCN(CCCCc2ccc3c(n2)NCCC3)C1)c1ccccc1. The van der Waals surface area contributed by atoms with Crippen LogP contribution in [0.1, 0.15) is 68.2 Å². The van der Waals surface area contributed by atoms with Gasteiger partial charge in [-0.05, 0) is 75.1 Å². The van der Waals surface area contributed by atoms with Crippen molar-refractivity contribution in [3.8, 4) is 0 Å². The first-order chi connectivity index (χ1) is 16.6. The van der Waals surface area contributed by atoms with Gasteiger partial charge in [0.05, 0.1) is 0 Å². The molecular weight excluding hydrogens is 424 g/mol. The summed E-state index contributed by atoms with van der Waals surface area (Å²) in [6, 6.07) is 14.5. The van der Waals surface area contributed by atoms with Gasteiger partial charge < -0.3 is 20.3 Å². The molecule has 1 amide bonds.